The molecule has 0 amide bonds. The largest absolute Gasteiger partial charge is 0.0885 e. The summed E-state index contributed by atoms with van der Waals surface area (Å²) in [6, 6.07) is 0. The minimum Gasteiger partial charge on any atom is -0.0885 e. The van der Waals surface area contributed by atoms with Crippen molar-refractivity contribution in [2.24, 2.45) is 0 Å². The molecule has 2 radical (unpaired) electrons. The van der Waals surface area contributed by atoms with Gasteiger partial charge in [0.25, 0.3) is 0 Å². The second-order valence-electron chi connectivity index (χ2n) is 5.64. The van der Waals surface area contributed by atoms with Crippen LogP contribution in [0, 0.1) is 13.8 Å². The monoisotopic (exact) mass is 264 g/mol. The lowest BCUT2D eigenvalue weighted by Gasteiger charge is -1.99. The first-order valence-electron chi connectivity index (χ1n) is 8.65. The first-order chi connectivity index (χ1) is 9.41. The molecule has 0 N–H and O–H groups in total. The second-order valence-corrected chi connectivity index (χ2v) is 5.64. The molecule has 0 aliphatic carbocycles. The number of unbranched alkanes of at least 4 members (excludes halogenated alkanes) is 13. The van der Waals surface area contributed by atoms with Gasteiger partial charge in [0.15, 0.2) is 0 Å². The molecule has 112 valence electrons. The van der Waals surface area contributed by atoms with Crippen LogP contribution < -0.4 is 0 Å². The Morgan fingerprint density at radius 3 is 1.11 bits per heavy atom. The highest BCUT2D eigenvalue weighted by molar-refractivity contribution is 4.81. The van der Waals surface area contributed by atoms with Crippen molar-refractivity contribution in [3.05, 3.63) is 26.0 Å². The molecular weight excluding hydrogens is 228 g/mol. The first-order valence-corrected chi connectivity index (χ1v) is 8.65. The second kappa shape index (κ2) is 17.7. The summed E-state index contributed by atoms with van der Waals surface area (Å²) in [4.78, 5) is 0. The molecule has 0 fully saturated rings. The van der Waals surface area contributed by atoms with Crippen LogP contribution in [-0.4, -0.2) is 0 Å². The maximum atomic E-state index is 3.88. The molecule has 0 spiro atoms. The minimum atomic E-state index is 1.11. The van der Waals surface area contributed by atoms with Gasteiger partial charge in [-0.2, -0.15) is 0 Å². The molecule has 0 atom stereocenters. The fourth-order valence-electron chi connectivity index (χ4n) is 2.35. The van der Waals surface area contributed by atoms with Crippen molar-refractivity contribution in [3.63, 3.8) is 0 Å². The van der Waals surface area contributed by atoms with Gasteiger partial charge in [0.2, 0.25) is 0 Å². The molecule has 0 nitrogen and oxygen atoms in total. The zero-order valence-corrected chi connectivity index (χ0v) is 13.2. The summed E-state index contributed by atoms with van der Waals surface area (Å²) in [5.74, 6) is 0. The highest BCUT2D eigenvalue weighted by Gasteiger charge is 1.90. The molecule has 0 saturated heterocycles. The molecule has 0 aromatic heterocycles. The molecule has 0 heterocycles. The van der Waals surface area contributed by atoms with Crippen molar-refractivity contribution in [1.29, 1.82) is 0 Å². The van der Waals surface area contributed by atoms with E-state index in [4.69, 9.17) is 0 Å². The normalized spacial score (nSPS) is 11.5. The van der Waals surface area contributed by atoms with Crippen LogP contribution in [0.2, 0.25) is 0 Å². The molecular formula is C19H36. The maximum absolute atomic E-state index is 3.88. The van der Waals surface area contributed by atoms with Gasteiger partial charge in [-0.05, 0) is 25.7 Å². The summed E-state index contributed by atoms with van der Waals surface area (Å²) in [5, 5.41) is 0. The van der Waals surface area contributed by atoms with Gasteiger partial charge in [0, 0.05) is 0 Å². The summed E-state index contributed by atoms with van der Waals surface area (Å²) in [6.45, 7) is 7.75. The SMILES string of the molecule is [CH2]CCCCCCC/C=C/CCCCCCCC[CH2]. The summed E-state index contributed by atoms with van der Waals surface area (Å²) in [6.07, 6.45) is 24.7. The van der Waals surface area contributed by atoms with E-state index < -0.39 is 0 Å². The van der Waals surface area contributed by atoms with Crippen molar-refractivity contribution >= 4 is 0 Å². The Morgan fingerprint density at radius 2 is 0.737 bits per heavy atom. The van der Waals surface area contributed by atoms with E-state index in [1.165, 1.54) is 83.5 Å². The maximum Gasteiger partial charge on any atom is -0.0351 e. The Bertz CT molecular complexity index is 169. The molecule has 0 rings (SSSR count). The van der Waals surface area contributed by atoms with E-state index in [2.05, 4.69) is 26.0 Å². The molecule has 0 aromatic rings. The molecule has 19 heavy (non-hydrogen) atoms. The van der Waals surface area contributed by atoms with Gasteiger partial charge in [0.1, 0.15) is 0 Å². The van der Waals surface area contributed by atoms with Crippen LogP contribution in [0.15, 0.2) is 12.2 Å². The van der Waals surface area contributed by atoms with Crippen LogP contribution in [-0.2, 0) is 0 Å². The van der Waals surface area contributed by atoms with Crippen molar-refractivity contribution in [3.8, 4) is 0 Å². The number of hydrogen-bond acceptors (Lipinski definition) is 0. The van der Waals surface area contributed by atoms with E-state index in [-0.39, 0.29) is 0 Å². The van der Waals surface area contributed by atoms with Crippen molar-refractivity contribution in [2.75, 3.05) is 0 Å². The number of allylic oxidation sites excluding steroid dienone is 2. The lowest BCUT2D eigenvalue weighted by molar-refractivity contribution is 0.598. The Hall–Kier alpha value is -0.260. The number of hydrogen-bond donors (Lipinski definition) is 0. The van der Waals surface area contributed by atoms with Crippen LogP contribution in [0.3, 0.4) is 0 Å². The van der Waals surface area contributed by atoms with Crippen molar-refractivity contribution in [1.82, 2.24) is 0 Å². The molecule has 0 aliphatic heterocycles. The summed E-state index contributed by atoms with van der Waals surface area (Å²) in [5.41, 5.74) is 0. The van der Waals surface area contributed by atoms with Gasteiger partial charge in [0.05, 0.1) is 0 Å². The smallest absolute Gasteiger partial charge is 0.0351 e. The van der Waals surface area contributed by atoms with Gasteiger partial charge in [-0.15, -0.1) is 0 Å². The van der Waals surface area contributed by atoms with E-state index in [0.717, 1.165) is 12.8 Å². The van der Waals surface area contributed by atoms with Gasteiger partial charge >= 0.3 is 0 Å². The fraction of sp³-hybridized carbons (Fsp3) is 0.789. The Balaban J connectivity index is 3.01. The van der Waals surface area contributed by atoms with E-state index in [0.29, 0.717) is 0 Å². The lowest BCUT2D eigenvalue weighted by atomic mass is 10.1. The average molecular weight is 264 g/mol. The van der Waals surface area contributed by atoms with Crippen molar-refractivity contribution in [2.45, 2.75) is 96.3 Å². The molecule has 0 aromatic carbocycles. The number of rotatable bonds is 15. The molecule has 0 saturated carbocycles. The molecule has 0 unspecified atom stereocenters. The van der Waals surface area contributed by atoms with E-state index in [1.54, 1.807) is 0 Å². The summed E-state index contributed by atoms with van der Waals surface area (Å²) >= 11 is 0. The average Bonchev–Trinajstić information content (AvgIpc) is 2.43. The third-order valence-electron chi connectivity index (χ3n) is 3.66. The first kappa shape index (κ1) is 18.7. The third-order valence-corrected chi connectivity index (χ3v) is 3.66. The molecule has 0 bridgehead atoms. The van der Waals surface area contributed by atoms with Crippen LogP contribution in [0.4, 0.5) is 0 Å². The lowest BCUT2D eigenvalue weighted by Crippen LogP contribution is -1.79. The fourth-order valence-corrected chi connectivity index (χ4v) is 2.35. The Kier molecular flexibility index (Phi) is 17.5. The van der Waals surface area contributed by atoms with Crippen LogP contribution in [0.5, 0.6) is 0 Å². The van der Waals surface area contributed by atoms with Crippen LogP contribution in [0.1, 0.15) is 96.3 Å². The highest BCUT2D eigenvalue weighted by Crippen LogP contribution is 2.10. The van der Waals surface area contributed by atoms with Crippen LogP contribution >= 0.6 is 0 Å². The van der Waals surface area contributed by atoms with Gasteiger partial charge in [-0.1, -0.05) is 96.6 Å². The standard InChI is InChI=1S/C19H36/c1-3-5-7-9-11-13-15-17-19-18-16-14-12-10-8-6-4-2/h17,19H,1-16,18H2/b19-17+. The predicted molar refractivity (Wildman–Crippen MR) is 89.1 cm³/mol. The van der Waals surface area contributed by atoms with E-state index >= 15 is 0 Å². The molecule has 0 heteroatoms. The van der Waals surface area contributed by atoms with E-state index in [9.17, 15) is 0 Å². The summed E-state index contributed by atoms with van der Waals surface area (Å²) in [7, 11) is 0. The zero-order valence-electron chi connectivity index (χ0n) is 13.2. The van der Waals surface area contributed by atoms with Gasteiger partial charge < -0.3 is 0 Å². The third kappa shape index (κ3) is 17.7. The highest BCUT2D eigenvalue weighted by atomic mass is 14.0. The van der Waals surface area contributed by atoms with Gasteiger partial charge in [-0.3, -0.25) is 0 Å². The quantitative estimate of drug-likeness (QED) is 0.219. The molecule has 0 aliphatic rings. The van der Waals surface area contributed by atoms with E-state index in [1.807, 2.05) is 0 Å². The minimum absolute atomic E-state index is 1.11. The zero-order chi connectivity index (χ0) is 14.0. The predicted octanol–water partition coefficient (Wildman–Crippen LogP) is 7.06. The van der Waals surface area contributed by atoms with Crippen molar-refractivity contribution < 1.29 is 0 Å². The Morgan fingerprint density at radius 1 is 0.421 bits per heavy atom. The van der Waals surface area contributed by atoms with Crippen LogP contribution in [0.25, 0.3) is 0 Å². The Labute approximate surface area is 123 Å². The topological polar surface area (TPSA) is 0 Å². The van der Waals surface area contributed by atoms with Gasteiger partial charge in [-0.25, -0.2) is 0 Å². The summed E-state index contributed by atoms with van der Waals surface area (Å²) < 4.78 is 0.